The number of nitrogens with two attached hydrogens (primary N) is 1. The van der Waals surface area contributed by atoms with Gasteiger partial charge in [0.05, 0.1) is 0 Å². The second kappa shape index (κ2) is 9.13. The van der Waals surface area contributed by atoms with Crippen molar-refractivity contribution < 1.29 is 9.59 Å². The lowest BCUT2D eigenvalue weighted by atomic mass is 10.0. The third-order valence-corrected chi connectivity index (χ3v) is 3.18. The summed E-state index contributed by atoms with van der Waals surface area (Å²) < 4.78 is 0. The fourth-order valence-corrected chi connectivity index (χ4v) is 1.83. The zero-order chi connectivity index (χ0) is 15.7. The maximum atomic E-state index is 11.7. The van der Waals surface area contributed by atoms with Crippen molar-refractivity contribution in [3.63, 3.8) is 0 Å². The Bertz CT molecular complexity index is 446. The third-order valence-electron chi connectivity index (χ3n) is 3.18. The Morgan fingerprint density at radius 2 is 1.71 bits per heavy atom. The number of rotatable bonds is 8. The van der Waals surface area contributed by atoms with Crippen LogP contribution in [0.5, 0.6) is 0 Å². The molecule has 0 aliphatic rings. The number of carbonyl (C=O) groups excluding carboxylic acids is 2. The van der Waals surface area contributed by atoms with E-state index in [1.54, 1.807) is 0 Å². The molecule has 116 valence electrons. The van der Waals surface area contributed by atoms with Gasteiger partial charge in [0.2, 0.25) is 11.8 Å². The van der Waals surface area contributed by atoms with Crippen LogP contribution in [0.15, 0.2) is 30.3 Å². The minimum atomic E-state index is -0.127. The molecular weight excluding hydrogens is 266 g/mol. The van der Waals surface area contributed by atoms with Gasteiger partial charge in [-0.05, 0) is 12.0 Å². The van der Waals surface area contributed by atoms with Crippen molar-refractivity contribution in [2.45, 2.75) is 32.7 Å². The van der Waals surface area contributed by atoms with Crippen LogP contribution in [0.2, 0.25) is 0 Å². The summed E-state index contributed by atoms with van der Waals surface area (Å²) >= 11 is 0. The van der Waals surface area contributed by atoms with Gasteiger partial charge >= 0.3 is 0 Å². The highest BCUT2D eigenvalue weighted by Crippen LogP contribution is 2.14. The Kier molecular flexibility index (Phi) is 7.46. The molecule has 0 bridgehead atoms. The summed E-state index contributed by atoms with van der Waals surface area (Å²) in [6.45, 7) is 4.56. The molecule has 2 amide bonds. The first kappa shape index (κ1) is 17.2. The molecule has 1 aromatic carbocycles. The van der Waals surface area contributed by atoms with E-state index in [1.807, 2.05) is 44.2 Å². The summed E-state index contributed by atoms with van der Waals surface area (Å²) in [5, 5.41) is 5.52. The van der Waals surface area contributed by atoms with E-state index < -0.39 is 0 Å². The molecule has 0 saturated heterocycles. The molecule has 0 spiro atoms. The van der Waals surface area contributed by atoms with Crippen molar-refractivity contribution in [3.05, 3.63) is 35.9 Å². The van der Waals surface area contributed by atoms with E-state index in [9.17, 15) is 9.59 Å². The normalized spacial score (nSPS) is 12.0. The monoisotopic (exact) mass is 291 g/mol. The van der Waals surface area contributed by atoms with Crippen LogP contribution in [0.4, 0.5) is 0 Å². The van der Waals surface area contributed by atoms with Gasteiger partial charge in [-0.25, -0.2) is 0 Å². The maximum absolute atomic E-state index is 11.7. The molecule has 0 heterocycles. The molecule has 4 N–H and O–H groups in total. The second-order valence-electron chi connectivity index (χ2n) is 5.35. The number of carbonyl (C=O) groups is 2. The average molecular weight is 291 g/mol. The number of amides is 2. The molecular formula is C16H25N3O2. The largest absolute Gasteiger partial charge is 0.354 e. The summed E-state index contributed by atoms with van der Waals surface area (Å²) in [7, 11) is 0. The van der Waals surface area contributed by atoms with Crippen LogP contribution in [0.1, 0.15) is 38.3 Å². The van der Waals surface area contributed by atoms with Crippen LogP contribution >= 0.6 is 0 Å². The molecule has 0 radical (unpaired) electrons. The first-order chi connectivity index (χ1) is 10.0. The van der Waals surface area contributed by atoms with Crippen LogP contribution in [0.3, 0.4) is 0 Å². The van der Waals surface area contributed by atoms with Crippen molar-refractivity contribution in [1.82, 2.24) is 10.6 Å². The van der Waals surface area contributed by atoms with Crippen LogP contribution in [0, 0.1) is 5.92 Å². The molecule has 0 saturated carbocycles. The highest BCUT2D eigenvalue weighted by molar-refractivity contribution is 5.78. The Morgan fingerprint density at radius 1 is 1.10 bits per heavy atom. The van der Waals surface area contributed by atoms with Gasteiger partial charge in [0.25, 0.3) is 0 Å². The zero-order valence-electron chi connectivity index (χ0n) is 12.8. The average Bonchev–Trinajstić information content (AvgIpc) is 2.49. The first-order valence-electron chi connectivity index (χ1n) is 7.35. The van der Waals surface area contributed by atoms with Gasteiger partial charge in [-0.15, -0.1) is 0 Å². The topological polar surface area (TPSA) is 84.2 Å². The molecule has 1 rings (SSSR count). The molecule has 0 fully saturated rings. The van der Waals surface area contributed by atoms with Gasteiger partial charge in [0, 0.05) is 31.5 Å². The quantitative estimate of drug-likeness (QED) is 0.632. The van der Waals surface area contributed by atoms with Crippen LogP contribution in [-0.4, -0.2) is 24.9 Å². The van der Waals surface area contributed by atoms with Gasteiger partial charge in [-0.1, -0.05) is 44.2 Å². The molecule has 5 nitrogen and oxygen atoms in total. The van der Waals surface area contributed by atoms with E-state index in [0.29, 0.717) is 25.9 Å². The first-order valence-corrected chi connectivity index (χ1v) is 7.35. The fraction of sp³-hybridized carbons (Fsp3) is 0.500. The summed E-state index contributed by atoms with van der Waals surface area (Å²) in [5.41, 5.74) is 7.07. The fourth-order valence-electron chi connectivity index (χ4n) is 1.83. The Hall–Kier alpha value is -1.88. The van der Waals surface area contributed by atoms with E-state index in [0.717, 1.165) is 5.56 Å². The minimum Gasteiger partial charge on any atom is -0.354 e. The SMILES string of the molecule is CC(C)C(=O)NCCNC(=O)CCC(N)c1ccccc1. The summed E-state index contributed by atoms with van der Waals surface area (Å²) in [6.07, 6.45) is 0.988. The van der Waals surface area contributed by atoms with Gasteiger partial charge in [-0.2, -0.15) is 0 Å². The third kappa shape index (κ3) is 6.90. The summed E-state index contributed by atoms with van der Waals surface area (Å²) in [6, 6.07) is 9.61. The molecule has 1 atom stereocenters. The highest BCUT2D eigenvalue weighted by Gasteiger charge is 2.09. The lowest BCUT2D eigenvalue weighted by molar-refractivity contribution is -0.124. The van der Waals surface area contributed by atoms with E-state index in [2.05, 4.69) is 10.6 Å². The summed E-state index contributed by atoms with van der Waals surface area (Å²) in [4.78, 5) is 23.0. The lowest BCUT2D eigenvalue weighted by Gasteiger charge is -2.12. The highest BCUT2D eigenvalue weighted by atomic mass is 16.2. The minimum absolute atomic E-state index is 0.00431. The molecule has 1 unspecified atom stereocenters. The van der Waals surface area contributed by atoms with Gasteiger partial charge in [0.15, 0.2) is 0 Å². The van der Waals surface area contributed by atoms with Crippen molar-refractivity contribution in [3.8, 4) is 0 Å². The molecule has 0 aromatic heterocycles. The number of benzene rings is 1. The number of nitrogens with one attached hydrogen (secondary N) is 2. The van der Waals surface area contributed by atoms with Crippen LogP contribution in [-0.2, 0) is 9.59 Å². The Morgan fingerprint density at radius 3 is 2.33 bits per heavy atom. The zero-order valence-corrected chi connectivity index (χ0v) is 12.8. The van der Waals surface area contributed by atoms with E-state index >= 15 is 0 Å². The van der Waals surface area contributed by atoms with E-state index in [-0.39, 0.29) is 23.8 Å². The van der Waals surface area contributed by atoms with Crippen molar-refractivity contribution >= 4 is 11.8 Å². The number of hydrogen-bond acceptors (Lipinski definition) is 3. The Labute approximate surface area is 126 Å². The van der Waals surface area contributed by atoms with Gasteiger partial charge < -0.3 is 16.4 Å². The van der Waals surface area contributed by atoms with Crippen molar-refractivity contribution in [2.24, 2.45) is 11.7 Å². The van der Waals surface area contributed by atoms with Crippen LogP contribution in [0.25, 0.3) is 0 Å². The Balaban J connectivity index is 2.15. The molecule has 0 aliphatic heterocycles. The van der Waals surface area contributed by atoms with Crippen molar-refractivity contribution in [1.29, 1.82) is 0 Å². The molecule has 21 heavy (non-hydrogen) atoms. The van der Waals surface area contributed by atoms with E-state index in [1.165, 1.54) is 0 Å². The van der Waals surface area contributed by atoms with Gasteiger partial charge in [0.1, 0.15) is 0 Å². The molecule has 5 heteroatoms. The standard InChI is InChI=1S/C16H25N3O2/c1-12(2)16(21)19-11-10-18-15(20)9-8-14(17)13-6-4-3-5-7-13/h3-7,12,14H,8-11,17H2,1-2H3,(H,18,20)(H,19,21). The maximum Gasteiger partial charge on any atom is 0.222 e. The summed E-state index contributed by atoms with van der Waals surface area (Å²) in [5.74, 6) is -0.0832. The molecule has 0 aliphatic carbocycles. The number of hydrogen-bond donors (Lipinski definition) is 3. The van der Waals surface area contributed by atoms with Crippen molar-refractivity contribution in [2.75, 3.05) is 13.1 Å². The smallest absolute Gasteiger partial charge is 0.222 e. The van der Waals surface area contributed by atoms with E-state index in [4.69, 9.17) is 5.73 Å². The van der Waals surface area contributed by atoms with Crippen LogP contribution < -0.4 is 16.4 Å². The predicted octanol–water partition coefficient (Wildman–Crippen LogP) is 1.36. The second-order valence-corrected chi connectivity index (χ2v) is 5.35. The lowest BCUT2D eigenvalue weighted by Crippen LogP contribution is -2.36. The van der Waals surface area contributed by atoms with Gasteiger partial charge in [-0.3, -0.25) is 9.59 Å². The predicted molar refractivity (Wildman–Crippen MR) is 83.5 cm³/mol. The molecule has 1 aromatic rings.